The average molecular weight is 462 g/mol. The average Bonchev–Trinajstić information content (AvgIpc) is 2.68. The van der Waals surface area contributed by atoms with Crippen LogP contribution in [0.1, 0.15) is 10.4 Å². The Labute approximate surface area is 170 Å². The molecule has 0 fully saturated rings. The number of rotatable bonds is 5. The normalized spacial score (nSPS) is 11.2. The number of aromatic nitrogens is 1. The van der Waals surface area contributed by atoms with Gasteiger partial charge < -0.3 is 5.32 Å². The molecule has 0 aliphatic carbocycles. The maximum absolute atomic E-state index is 12.5. The van der Waals surface area contributed by atoms with Crippen molar-refractivity contribution < 1.29 is 13.2 Å². The van der Waals surface area contributed by atoms with E-state index in [1.54, 1.807) is 18.2 Å². The van der Waals surface area contributed by atoms with E-state index in [-0.39, 0.29) is 21.9 Å². The molecule has 0 atom stereocenters. The van der Waals surface area contributed by atoms with Crippen LogP contribution in [0.2, 0.25) is 0 Å². The van der Waals surface area contributed by atoms with Crippen LogP contribution in [0.15, 0.2) is 81.0 Å². The van der Waals surface area contributed by atoms with E-state index >= 15 is 0 Å². The Morgan fingerprint density at radius 1 is 1.04 bits per heavy atom. The minimum atomic E-state index is -3.57. The molecule has 2 aromatic carbocycles. The van der Waals surface area contributed by atoms with Gasteiger partial charge in [-0.2, -0.15) is 0 Å². The molecule has 1 amide bonds. The van der Waals surface area contributed by atoms with Gasteiger partial charge in [-0.05, 0) is 55.6 Å². The van der Waals surface area contributed by atoms with E-state index in [0.717, 1.165) is 4.47 Å². The molecular weight excluding hydrogens is 446 g/mol. The zero-order chi connectivity index (χ0) is 20.3. The summed E-state index contributed by atoms with van der Waals surface area (Å²) in [6.45, 7) is 0. The lowest BCUT2D eigenvalue weighted by Gasteiger charge is -2.10. The first-order valence-electron chi connectivity index (χ1n) is 8.14. The lowest BCUT2D eigenvalue weighted by Crippen LogP contribution is -2.21. The Morgan fingerprint density at radius 2 is 1.75 bits per heavy atom. The van der Waals surface area contributed by atoms with Crippen molar-refractivity contribution in [1.82, 2.24) is 9.29 Å². The van der Waals surface area contributed by atoms with Gasteiger partial charge in [0.1, 0.15) is 0 Å². The number of sulfonamides is 1. The van der Waals surface area contributed by atoms with Gasteiger partial charge in [-0.25, -0.2) is 13.1 Å². The van der Waals surface area contributed by atoms with E-state index in [2.05, 4.69) is 26.0 Å². The van der Waals surface area contributed by atoms with Gasteiger partial charge >= 0.3 is 0 Å². The first kappa shape index (κ1) is 20.0. The Morgan fingerprint density at radius 3 is 2.39 bits per heavy atom. The molecule has 0 aliphatic rings. The van der Waals surface area contributed by atoms with Crippen molar-refractivity contribution in [2.75, 3.05) is 12.4 Å². The van der Waals surface area contributed by atoms with Gasteiger partial charge in [-0.15, -0.1) is 0 Å². The monoisotopic (exact) mass is 461 g/mol. The van der Waals surface area contributed by atoms with Crippen LogP contribution >= 0.6 is 15.9 Å². The van der Waals surface area contributed by atoms with Crippen molar-refractivity contribution in [3.63, 3.8) is 0 Å². The van der Waals surface area contributed by atoms with E-state index in [4.69, 9.17) is 0 Å². The van der Waals surface area contributed by atoms with Crippen LogP contribution in [0.5, 0.6) is 0 Å². The number of benzene rings is 2. The van der Waals surface area contributed by atoms with Gasteiger partial charge in [0.2, 0.25) is 10.0 Å². The second-order valence-corrected chi connectivity index (χ2v) is 8.59. The summed E-state index contributed by atoms with van der Waals surface area (Å²) >= 11 is 3.34. The lowest BCUT2D eigenvalue weighted by molar-refractivity contribution is 0.102. The van der Waals surface area contributed by atoms with Gasteiger partial charge in [0, 0.05) is 28.1 Å². The van der Waals surface area contributed by atoms with Crippen LogP contribution in [-0.2, 0) is 10.0 Å². The number of carbonyl (C=O) groups excluding carboxylic acids is 1. The van der Waals surface area contributed by atoms with Crippen molar-refractivity contribution >= 4 is 37.5 Å². The zero-order valence-electron chi connectivity index (χ0n) is 14.7. The molecule has 3 rings (SSSR count). The summed E-state index contributed by atoms with van der Waals surface area (Å²) in [5, 5.41) is 2.76. The number of carbonyl (C=O) groups is 1. The molecule has 0 saturated carbocycles. The second-order valence-electron chi connectivity index (χ2n) is 5.79. The van der Waals surface area contributed by atoms with Gasteiger partial charge in [0.05, 0.1) is 10.5 Å². The first-order chi connectivity index (χ1) is 13.3. The van der Waals surface area contributed by atoms with Crippen LogP contribution < -0.4 is 15.6 Å². The van der Waals surface area contributed by atoms with Crippen molar-refractivity contribution in [1.29, 1.82) is 0 Å². The molecule has 28 heavy (non-hydrogen) atoms. The van der Waals surface area contributed by atoms with Crippen LogP contribution in [0, 0.1) is 0 Å². The summed E-state index contributed by atoms with van der Waals surface area (Å²) in [5.41, 5.74) is 0.991. The third-order valence-electron chi connectivity index (χ3n) is 3.95. The topological polar surface area (TPSA) is 97.3 Å². The van der Waals surface area contributed by atoms with Gasteiger partial charge in [0.15, 0.2) is 0 Å². The summed E-state index contributed by atoms with van der Waals surface area (Å²) in [7, 11) is -2.25. The third kappa shape index (κ3) is 4.38. The van der Waals surface area contributed by atoms with E-state index in [9.17, 15) is 18.0 Å². The molecule has 1 aromatic heterocycles. The number of hydrogen-bond donors (Lipinski definition) is 2. The molecule has 0 aliphatic heterocycles. The number of hydrogen-bond acceptors (Lipinski definition) is 4. The fourth-order valence-corrected chi connectivity index (χ4v) is 3.63. The second kappa shape index (κ2) is 8.09. The molecule has 3 aromatic rings. The van der Waals surface area contributed by atoms with Crippen LogP contribution in [0.3, 0.4) is 0 Å². The molecule has 0 bridgehead atoms. The molecule has 0 saturated heterocycles. The van der Waals surface area contributed by atoms with Crippen molar-refractivity contribution in [3.05, 3.63) is 87.3 Å². The highest BCUT2D eigenvalue weighted by Gasteiger charge is 2.13. The standard InChI is InChI=1S/C19H16BrN3O4S/c1-21-28(26,27)17-8-6-16(7-9-17)23-12-13(5-10-18(23)24)19(25)22-15-4-2-3-14(20)11-15/h2-12,21H,1H3,(H,22,25). The SMILES string of the molecule is CNS(=O)(=O)c1ccc(-n2cc(C(=O)Nc3cccc(Br)c3)ccc2=O)cc1. The van der Waals surface area contributed by atoms with Crippen LogP contribution in [0.4, 0.5) is 5.69 Å². The molecule has 0 spiro atoms. The Balaban J connectivity index is 1.91. The van der Waals surface area contributed by atoms with E-state index < -0.39 is 10.0 Å². The van der Waals surface area contributed by atoms with Gasteiger partial charge in [-0.3, -0.25) is 14.2 Å². The number of nitrogens with one attached hydrogen (secondary N) is 2. The molecule has 1 heterocycles. The lowest BCUT2D eigenvalue weighted by atomic mass is 10.2. The minimum Gasteiger partial charge on any atom is -0.322 e. The van der Waals surface area contributed by atoms with E-state index in [0.29, 0.717) is 11.4 Å². The molecule has 7 nitrogen and oxygen atoms in total. The number of pyridine rings is 1. The predicted molar refractivity (Wildman–Crippen MR) is 110 cm³/mol. The van der Waals surface area contributed by atoms with Crippen molar-refractivity contribution in [2.45, 2.75) is 4.90 Å². The first-order valence-corrected chi connectivity index (χ1v) is 10.4. The minimum absolute atomic E-state index is 0.0790. The molecular formula is C19H16BrN3O4S. The highest BCUT2D eigenvalue weighted by atomic mass is 79.9. The predicted octanol–water partition coefficient (Wildman–Crippen LogP) is 2.76. The maximum Gasteiger partial charge on any atom is 0.257 e. The summed E-state index contributed by atoms with van der Waals surface area (Å²) in [4.78, 5) is 24.8. The molecule has 2 N–H and O–H groups in total. The van der Waals surface area contributed by atoms with Crippen LogP contribution in [-0.4, -0.2) is 25.9 Å². The van der Waals surface area contributed by atoms with E-state index in [1.165, 1.54) is 54.2 Å². The summed E-state index contributed by atoms with van der Waals surface area (Å²) < 4.78 is 28.0. The van der Waals surface area contributed by atoms with Crippen molar-refractivity contribution in [3.8, 4) is 5.69 Å². The Kier molecular flexibility index (Phi) is 5.78. The highest BCUT2D eigenvalue weighted by Crippen LogP contribution is 2.17. The third-order valence-corrected chi connectivity index (χ3v) is 5.87. The molecule has 0 unspecified atom stereocenters. The highest BCUT2D eigenvalue weighted by molar-refractivity contribution is 9.10. The van der Waals surface area contributed by atoms with Crippen molar-refractivity contribution in [2.24, 2.45) is 0 Å². The summed E-state index contributed by atoms with van der Waals surface area (Å²) in [5.74, 6) is -0.374. The van der Waals surface area contributed by atoms with Gasteiger partial charge in [0.25, 0.3) is 11.5 Å². The smallest absolute Gasteiger partial charge is 0.257 e. The van der Waals surface area contributed by atoms with E-state index in [1.807, 2.05) is 6.07 Å². The summed E-state index contributed by atoms with van der Waals surface area (Å²) in [6.07, 6.45) is 1.41. The number of halogens is 1. The Hall–Kier alpha value is -2.75. The molecule has 0 radical (unpaired) electrons. The quantitative estimate of drug-likeness (QED) is 0.610. The number of anilines is 1. The zero-order valence-corrected chi connectivity index (χ0v) is 17.1. The molecule has 144 valence electrons. The van der Waals surface area contributed by atoms with Gasteiger partial charge in [-0.1, -0.05) is 22.0 Å². The molecule has 9 heteroatoms. The summed E-state index contributed by atoms with van der Waals surface area (Å²) in [6, 6.07) is 15.6. The fraction of sp³-hybridized carbons (Fsp3) is 0.0526. The number of amides is 1. The number of nitrogens with zero attached hydrogens (tertiary/aromatic N) is 1. The van der Waals surface area contributed by atoms with Crippen LogP contribution in [0.25, 0.3) is 5.69 Å². The largest absolute Gasteiger partial charge is 0.322 e. The maximum atomic E-state index is 12.5. The fourth-order valence-electron chi connectivity index (χ4n) is 2.50. The Bertz CT molecular complexity index is 1190.